The summed E-state index contributed by atoms with van der Waals surface area (Å²) < 4.78 is 0. The third-order valence-electron chi connectivity index (χ3n) is 2.65. The Morgan fingerprint density at radius 1 is 1.29 bits per heavy atom. The Bertz CT molecular complexity index is 570. The standard InChI is InChI=1S/C13H12ClNO2/c1-7-11(8(2)16)13(17)12(15-7)9-3-5-10(14)6-4-9/h3-6,15,17H,1-2H3. The number of aromatic nitrogens is 1. The van der Waals surface area contributed by atoms with Crippen molar-refractivity contribution in [2.75, 3.05) is 0 Å². The molecule has 2 rings (SSSR count). The second-order valence-electron chi connectivity index (χ2n) is 3.91. The van der Waals surface area contributed by atoms with Crippen molar-refractivity contribution in [1.82, 2.24) is 4.98 Å². The number of carbonyl (C=O) groups is 1. The lowest BCUT2D eigenvalue weighted by Gasteiger charge is -2.00. The van der Waals surface area contributed by atoms with Crippen molar-refractivity contribution >= 4 is 17.4 Å². The highest BCUT2D eigenvalue weighted by molar-refractivity contribution is 6.30. The maximum absolute atomic E-state index is 11.4. The van der Waals surface area contributed by atoms with E-state index in [1.54, 1.807) is 31.2 Å². The van der Waals surface area contributed by atoms with Gasteiger partial charge in [0.25, 0.3) is 0 Å². The monoisotopic (exact) mass is 249 g/mol. The minimum absolute atomic E-state index is 0.00248. The highest BCUT2D eigenvalue weighted by Gasteiger charge is 2.18. The second-order valence-corrected chi connectivity index (χ2v) is 4.35. The van der Waals surface area contributed by atoms with Gasteiger partial charge in [-0.15, -0.1) is 0 Å². The Labute approximate surface area is 104 Å². The lowest BCUT2D eigenvalue weighted by Crippen LogP contribution is -1.92. The van der Waals surface area contributed by atoms with E-state index in [9.17, 15) is 9.90 Å². The van der Waals surface area contributed by atoms with Crippen LogP contribution < -0.4 is 0 Å². The summed E-state index contributed by atoms with van der Waals surface area (Å²) in [5.41, 5.74) is 2.35. The highest BCUT2D eigenvalue weighted by atomic mass is 35.5. The molecule has 88 valence electrons. The van der Waals surface area contributed by atoms with Crippen molar-refractivity contribution in [2.24, 2.45) is 0 Å². The third kappa shape index (κ3) is 2.06. The Kier molecular flexibility index (Phi) is 2.94. The lowest BCUT2D eigenvalue weighted by molar-refractivity contribution is 0.101. The number of nitrogens with one attached hydrogen (secondary N) is 1. The fraction of sp³-hybridized carbons (Fsp3) is 0.154. The van der Waals surface area contributed by atoms with Gasteiger partial charge in [-0.05, 0) is 26.0 Å². The fourth-order valence-electron chi connectivity index (χ4n) is 1.87. The summed E-state index contributed by atoms with van der Waals surface area (Å²) in [7, 11) is 0. The SMILES string of the molecule is CC(=O)c1c(C)[nH]c(-c2ccc(Cl)cc2)c1O. The summed E-state index contributed by atoms with van der Waals surface area (Å²) in [6.45, 7) is 3.19. The molecule has 0 aliphatic carbocycles. The Balaban J connectivity index is 2.57. The summed E-state index contributed by atoms with van der Waals surface area (Å²) in [6, 6.07) is 7.05. The van der Waals surface area contributed by atoms with Crippen molar-refractivity contribution in [3.05, 3.63) is 40.5 Å². The number of hydrogen-bond donors (Lipinski definition) is 2. The molecule has 0 saturated carbocycles. The van der Waals surface area contributed by atoms with Crippen LogP contribution in [0.1, 0.15) is 23.0 Å². The first kappa shape index (κ1) is 11.7. The molecule has 0 aliphatic rings. The average molecular weight is 250 g/mol. The number of Topliss-reactive ketones (excluding diaryl/α,β-unsaturated/α-hetero) is 1. The van der Waals surface area contributed by atoms with E-state index in [1.807, 2.05) is 0 Å². The topological polar surface area (TPSA) is 53.1 Å². The number of hydrogen-bond acceptors (Lipinski definition) is 2. The number of aryl methyl sites for hydroxylation is 1. The zero-order chi connectivity index (χ0) is 12.6. The van der Waals surface area contributed by atoms with Gasteiger partial charge in [0.05, 0.1) is 11.3 Å². The number of benzene rings is 1. The molecule has 1 aromatic carbocycles. The van der Waals surface area contributed by atoms with Crippen LogP contribution in [0.3, 0.4) is 0 Å². The van der Waals surface area contributed by atoms with Crippen LogP contribution in [0.25, 0.3) is 11.3 Å². The number of halogens is 1. The van der Waals surface area contributed by atoms with Crippen LogP contribution in [0.2, 0.25) is 5.02 Å². The van der Waals surface area contributed by atoms with Gasteiger partial charge >= 0.3 is 0 Å². The first-order valence-electron chi connectivity index (χ1n) is 5.19. The molecule has 2 aromatic rings. The maximum Gasteiger partial charge on any atom is 0.165 e. The summed E-state index contributed by atoms with van der Waals surface area (Å²) in [5.74, 6) is -0.159. The van der Waals surface area contributed by atoms with Crippen molar-refractivity contribution < 1.29 is 9.90 Å². The second kappa shape index (κ2) is 4.26. The first-order valence-corrected chi connectivity index (χ1v) is 5.57. The summed E-state index contributed by atoms with van der Waals surface area (Å²) in [6.07, 6.45) is 0. The fourth-order valence-corrected chi connectivity index (χ4v) is 1.99. The molecule has 0 unspecified atom stereocenters. The third-order valence-corrected chi connectivity index (χ3v) is 2.90. The molecule has 0 fully saturated rings. The molecule has 0 atom stereocenters. The molecule has 1 heterocycles. The highest BCUT2D eigenvalue weighted by Crippen LogP contribution is 2.34. The van der Waals surface area contributed by atoms with Gasteiger partial charge < -0.3 is 10.1 Å². The zero-order valence-electron chi connectivity index (χ0n) is 9.54. The van der Waals surface area contributed by atoms with E-state index in [1.165, 1.54) is 6.92 Å². The van der Waals surface area contributed by atoms with Crippen LogP contribution >= 0.6 is 11.6 Å². The molecule has 0 radical (unpaired) electrons. The number of ketones is 1. The quantitative estimate of drug-likeness (QED) is 0.800. The van der Waals surface area contributed by atoms with Crippen LogP contribution in [0.15, 0.2) is 24.3 Å². The van der Waals surface area contributed by atoms with Crippen LogP contribution in [0, 0.1) is 6.92 Å². The van der Waals surface area contributed by atoms with E-state index in [0.717, 1.165) is 5.56 Å². The van der Waals surface area contributed by atoms with Crippen LogP contribution in [-0.4, -0.2) is 15.9 Å². The first-order chi connectivity index (χ1) is 8.00. The Morgan fingerprint density at radius 3 is 2.35 bits per heavy atom. The molecule has 0 bridgehead atoms. The number of rotatable bonds is 2. The van der Waals surface area contributed by atoms with Crippen molar-refractivity contribution in [3.63, 3.8) is 0 Å². The van der Waals surface area contributed by atoms with Crippen molar-refractivity contribution in [2.45, 2.75) is 13.8 Å². The van der Waals surface area contributed by atoms with Gasteiger partial charge in [-0.2, -0.15) is 0 Å². The normalized spacial score (nSPS) is 10.5. The van der Waals surface area contributed by atoms with E-state index < -0.39 is 0 Å². The Morgan fingerprint density at radius 2 is 1.88 bits per heavy atom. The number of H-pyrrole nitrogens is 1. The lowest BCUT2D eigenvalue weighted by atomic mass is 10.1. The minimum Gasteiger partial charge on any atom is -0.505 e. The van der Waals surface area contributed by atoms with Gasteiger partial charge in [0, 0.05) is 16.3 Å². The molecule has 3 nitrogen and oxygen atoms in total. The molecular weight excluding hydrogens is 238 g/mol. The van der Waals surface area contributed by atoms with Gasteiger partial charge in [-0.25, -0.2) is 0 Å². The van der Waals surface area contributed by atoms with Gasteiger partial charge in [-0.3, -0.25) is 4.79 Å². The molecule has 17 heavy (non-hydrogen) atoms. The van der Waals surface area contributed by atoms with Crippen molar-refractivity contribution in [1.29, 1.82) is 0 Å². The number of aromatic amines is 1. The van der Waals surface area contributed by atoms with E-state index in [2.05, 4.69) is 4.98 Å². The molecule has 0 spiro atoms. The molecule has 1 aromatic heterocycles. The molecule has 4 heteroatoms. The van der Waals surface area contributed by atoms with Gasteiger partial charge in [0.2, 0.25) is 0 Å². The summed E-state index contributed by atoms with van der Waals surface area (Å²) >= 11 is 5.80. The molecule has 0 amide bonds. The molecular formula is C13H12ClNO2. The van der Waals surface area contributed by atoms with Crippen LogP contribution in [0.5, 0.6) is 5.75 Å². The van der Waals surface area contributed by atoms with Crippen molar-refractivity contribution in [3.8, 4) is 17.0 Å². The number of aromatic hydroxyl groups is 1. The summed E-state index contributed by atoms with van der Waals surface area (Å²) in [5, 5.41) is 10.6. The Hall–Kier alpha value is -1.74. The number of carbonyl (C=O) groups excluding carboxylic acids is 1. The van der Waals surface area contributed by atoms with E-state index >= 15 is 0 Å². The largest absolute Gasteiger partial charge is 0.505 e. The van der Waals surface area contributed by atoms with Gasteiger partial charge in [-0.1, -0.05) is 23.7 Å². The predicted octanol–water partition coefficient (Wildman–Crippen LogP) is 3.55. The summed E-state index contributed by atoms with van der Waals surface area (Å²) in [4.78, 5) is 14.4. The zero-order valence-corrected chi connectivity index (χ0v) is 10.3. The minimum atomic E-state index is -0.156. The van der Waals surface area contributed by atoms with Gasteiger partial charge in [0.15, 0.2) is 11.5 Å². The predicted molar refractivity (Wildman–Crippen MR) is 67.6 cm³/mol. The van der Waals surface area contributed by atoms with E-state index in [4.69, 9.17) is 11.6 Å². The molecule has 2 N–H and O–H groups in total. The van der Waals surface area contributed by atoms with Crippen LogP contribution in [0.4, 0.5) is 0 Å². The van der Waals surface area contributed by atoms with E-state index in [-0.39, 0.29) is 11.5 Å². The smallest absolute Gasteiger partial charge is 0.165 e. The van der Waals surface area contributed by atoms with Crippen LogP contribution in [-0.2, 0) is 0 Å². The van der Waals surface area contributed by atoms with E-state index in [0.29, 0.717) is 22.0 Å². The maximum atomic E-state index is 11.4. The average Bonchev–Trinajstić information content (AvgIpc) is 2.55. The molecule has 0 saturated heterocycles. The van der Waals surface area contributed by atoms with Gasteiger partial charge in [0.1, 0.15) is 0 Å². The molecule has 0 aliphatic heterocycles.